The molecule has 0 saturated carbocycles. The Kier molecular flexibility index (Phi) is 7.15. The van der Waals surface area contributed by atoms with Gasteiger partial charge in [-0.15, -0.1) is 23.1 Å². The van der Waals surface area contributed by atoms with Gasteiger partial charge in [-0.25, -0.2) is 0 Å². The first-order valence-electron chi connectivity index (χ1n) is 10.2. The van der Waals surface area contributed by atoms with Crippen LogP contribution < -0.4 is 10.6 Å². The molecule has 2 amide bonds. The van der Waals surface area contributed by atoms with E-state index < -0.39 is 0 Å². The Morgan fingerprint density at radius 2 is 1.91 bits per heavy atom. The Hall–Kier alpha value is -2.79. The van der Waals surface area contributed by atoms with Gasteiger partial charge in [0.2, 0.25) is 5.91 Å². The molecule has 0 bridgehead atoms. The van der Waals surface area contributed by atoms with Crippen molar-refractivity contribution in [2.75, 3.05) is 16.4 Å². The summed E-state index contributed by atoms with van der Waals surface area (Å²) in [6, 6.07) is 16.3. The van der Waals surface area contributed by atoms with Crippen molar-refractivity contribution in [3.63, 3.8) is 0 Å². The van der Waals surface area contributed by atoms with E-state index in [4.69, 9.17) is 11.6 Å². The number of amides is 2. The van der Waals surface area contributed by atoms with E-state index in [9.17, 15) is 14.9 Å². The summed E-state index contributed by atoms with van der Waals surface area (Å²) in [5.41, 5.74) is 2.84. The molecule has 162 valence electrons. The first-order chi connectivity index (χ1) is 15.5. The number of carbonyl (C=O) groups is 2. The Morgan fingerprint density at radius 1 is 1.09 bits per heavy atom. The minimum Gasteiger partial charge on any atom is -0.322 e. The number of fused-ring (bicyclic) bond motifs is 1. The smallest absolute Gasteiger partial charge is 0.255 e. The molecular formula is C24H20ClN3O2S2. The second-order valence-electron chi connectivity index (χ2n) is 7.36. The van der Waals surface area contributed by atoms with Gasteiger partial charge in [-0.3, -0.25) is 9.59 Å². The molecule has 1 aliphatic rings. The van der Waals surface area contributed by atoms with Crippen molar-refractivity contribution in [3.8, 4) is 6.07 Å². The second-order valence-corrected chi connectivity index (χ2v) is 9.95. The van der Waals surface area contributed by atoms with Crippen LogP contribution in [0.2, 0.25) is 5.02 Å². The largest absolute Gasteiger partial charge is 0.322 e. The topological polar surface area (TPSA) is 82.0 Å². The maximum absolute atomic E-state index is 12.5. The second kappa shape index (κ2) is 10.2. The fourth-order valence-corrected chi connectivity index (χ4v) is 5.78. The average molecular weight is 482 g/mol. The van der Waals surface area contributed by atoms with E-state index in [0.29, 0.717) is 26.8 Å². The maximum atomic E-state index is 12.5. The highest BCUT2D eigenvalue weighted by molar-refractivity contribution is 8.00. The Morgan fingerprint density at radius 3 is 2.72 bits per heavy atom. The van der Waals surface area contributed by atoms with Crippen molar-refractivity contribution >= 4 is 57.2 Å². The molecule has 32 heavy (non-hydrogen) atoms. The standard InChI is InChI=1S/C24H20ClN3O2S2/c25-16-6-3-5-15(11-16)23(30)27-17-7-4-8-18(12-17)31-14-22(29)28-24-20(13-26)19-9-1-2-10-21(19)32-24/h3-8,11-12H,1-2,9-10,14H2,(H,27,30)(H,28,29). The predicted molar refractivity (Wildman–Crippen MR) is 131 cm³/mol. The summed E-state index contributed by atoms with van der Waals surface area (Å²) in [7, 11) is 0. The van der Waals surface area contributed by atoms with Gasteiger partial charge in [0, 0.05) is 26.0 Å². The van der Waals surface area contributed by atoms with Gasteiger partial charge in [-0.2, -0.15) is 5.26 Å². The predicted octanol–water partition coefficient (Wildman–Crippen LogP) is 6.14. The van der Waals surface area contributed by atoms with E-state index >= 15 is 0 Å². The molecule has 0 atom stereocenters. The lowest BCUT2D eigenvalue weighted by atomic mass is 9.96. The minimum absolute atomic E-state index is 0.154. The van der Waals surface area contributed by atoms with E-state index in [1.807, 2.05) is 18.2 Å². The van der Waals surface area contributed by atoms with Crippen LogP contribution in [0, 0.1) is 11.3 Å². The number of thiophene rings is 1. The van der Waals surface area contributed by atoms with Gasteiger partial charge in [0.1, 0.15) is 11.1 Å². The summed E-state index contributed by atoms with van der Waals surface area (Å²) in [6.07, 6.45) is 4.11. The zero-order valence-corrected chi connectivity index (χ0v) is 19.5. The SMILES string of the molecule is N#Cc1c(NC(=O)CSc2cccc(NC(=O)c3cccc(Cl)c3)c2)sc2c1CCCC2. The molecule has 1 aliphatic carbocycles. The molecule has 0 saturated heterocycles. The number of nitriles is 1. The third-order valence-corrected chi connectivity index (χ3v) is 7.52. The number of hydrogen-bond acceptors (Lipinski definition) is 5. The van der Waals surface area contributed by atoms with E-state index in [1.54, 1.807) is 30.3 Å². The van der Waals surface area contributed by atoms with Gasteiger partial charge in [-0.1, -0.05) is 23.7 Å². The van der Waals surface area contributed by atoms with Crippen molar-refractivity contribution in [1.29, 1.82) is 5.26 Å². The first-order valence-corrected chi connectivity index (χ1v) is 12.4. The fraction of sp³-hybridized carbons (Fsp3) is 0.208. The highest BCUT2D eigenvalue weighted by Crippen LogP contribution is 2.37. The zero-order chi connectivity index (χ0) is 22.5. The lowest BCUT2D eigenvalue weighted by Crippen LogP contribution is -2.14. The quantitative estimate of drug-likeness (QED) is 0.414. The number of anilines is 2. The molecule has 0 spiro atoms. The van der Waals surface area contributed by atoms with Crippen molar-refractivity contribution in [2.45, 2.75) is 30.6 Å². The molecule has 0 radical (unpaired) electrons. The number of halogens is 1. The number of hydrogen-bond donors (Lipinski definition) is 2. The highest BCUT2D eigenvalue weighted by Gasteiger charge is 2.21. The summed E-state index contributed by atoms with van der Waals surface area (Å²) in [4.78, 5) is 27.0. The van der Waals surface area contributed by atoms with Crippen LogP contribution in [0.3, 0.4) is 0 Å². The van der Waals surface area contributed by atoms with Gasteiger partial charge >= 0.3 is 0 Å². The minimum atomic E-state index is -0.252. The van der Waals surface area contributed by atoms with Gasteiger partial charge in [0.05, 0.1) is 11.3 Å². The van der Waals surface area contributed by atoms with Crippen LogP contribution in [-0.2, 0) is 17.6 Å². The molecule has 4 rings (SSSR count). The van der Waals surface area contributed by atoms with Gasteiger partial charge in [0.15, 0.2) is 0 Å². The molecule has 0 fully saturated rings. The normalized spacial score (nSPS) is 12.5. The number of aryl methyl sites for hydroxylation is 1. The molecule has 2 aromatic carbocycles. The number of benzene rings is 2. The molecule has 1 heterocycles. The summed E-state index contributed by atoms with van der Waals surface area (Å²) in [5.74, 6) is -0.199. The molecular weight excluding hydrogens is 462 g/mol. The van der Waals surface area contributed by atoms with Crippen LogP contribution in [0.25, 0.3) is 0 Å². The highest BCUT2D eigenvalue weighted by atomic mass is 35.5. The van der Waals surface area contributed by atoms with Crippen LogP contribution >= 0.6 is 34.7 Å². The molecule has 2 N–H and O–H groups in total. The summed E-state index contributed by atoms with van der Waals surface area (Å²) in [5, 5.41) is 16.5. The molecule has 0 unspecified atom stereocenters. The third-order valence-electron chi connectivity index (χ3n) is 5.08. The Balaban J connectivity index is 1.36. The fourth-order valence-electron chi connectivity index (χ4n) is 3.58. The number of thioether (sulfide) groups is 1. The van der Waals surface area contributed by atoms with Crippen molar-refractivity contribution in [1.82, 2.24) is 0 Å². The number of rotatable bonds is 6. The van der Waals surface area contributed by atoms with Crippen molar-refractivity contribution < 1.29 is 9.59 Å². The summed E-state index contributed by atoms with van der Waals surface area (Å²) < 4.78 is 0. The Labute approximate surface area is 199 Å². The van der Waals surface area contributed by atoms with E-state index in [2.05, 4.69) is 16.7 Å². The van der Waals surface area contributed by atoms with Gasteiger partial charge in [-0.05, 0) is 67.6 Å². The van der Waals surface area contributed by atoms with Crippen LogP contribution in [0.1, 0.15) is 39.2 Å². The molecule has 1 aromatic heterocycles. The van der Waals surface area contributed by atoms with Crippen molar-refractivity contribution in [3.05, 3.63) is 75.1 Å². The van der Waals surface area contributed by atoms with Crippen LogP contribution in [0.15, 0.2) is 53.4 Å². The third kappa shape index (κ3) is 5.33. The van der Waals surface area contributed by atoms with E-state index in [1.165, 1.54) is 28.0 Å². The Bertz CT molecular complexity index is 1220. The van der Waals surface area contributed by atoms with E-state index in [0.717, 1.165) is 36.1 Å². The van der Waals surface area contributed by atoms with Crippen LogP contribution in [0.5, 0.6) is 0 Å². The van der Waals surface area contributed by atoms with E-state index in [-0.39, 0.29) is 17.6 Å². The summed E-state index contributed by atoms with van der Waals surface area (Å²) in [6.45, 7) is 0. The number of carbonyl (C=O) groups excluding carboxylic acids is 2. The van der Waals surface area contributed by atoms with Crippen LogP contribution in [-0.4, -0.2) is 17.6 Å². The van der Waals surface area contributed by atoms with Gasteiger partial charge < -0.3 is 10.6 Å². The van der Waals surface area contributed by atoms with Crippen molar-refractivity contribution in [2.24, 2.45) is 0 Å². The monoisotopic (exact) mass is 481 g/mol. The molecule has 5 nitrogen and oxygen atoms in total. The number of nitrogens with one attached hydrogen (secondary N) is 2. The zero-order valence-electron chi connectivity index (χ0n) is 17.1. The summed E-state index contributed by atoms with van der Waals surface area (Å²) >= 11 is 8.85. The first kappa shape index (κ1) is 22.4. The van der Waals surface area contributed by atoms with Crippen LogP contribution in [0.4, 0.5) is 10.7 Å². The average Bonchev–Trinajstić information content (AvgIpc) is 3.14. The lowest BCUT2D eigenvalue weighted by molar-refractivity contribution is -0.113. The molecule has 8 heteroatoms. The molecule has 0 aliphatic heterocycles. The lowest BCUT2D eigenvalue weighted by Gasteiger charge is -2.09. The number of nitrogens with zero attached hydrogens (tertiary/aromatic N) is 1. The molecule has 3 aromatic rings. The van der Waals surface area contributed by atoms with Gasteiger partial charge in [0.25, 0.3) is 5.91 Å². The maximum Gasteiger partial charge on any atom is 0.255 e.